The van der Waals surface area contributed by atoms with E-state index in [1.165, 1.54) is 6.92 Å². The zero-order valence-corrected chi connectivity index (χ0v) is 11.1. The van der Waals surface area contributed by atoms with Gasteiger partial charge in [-0.3, -0.25) is 9.69 Å². The molecular weight excluding hydrogens is 202 g/mol. The summed E-state index contributed by atoms with van der Waals surface area (Å²) in [5, 5.41) is 0. The number of carbonyl (C=O) groups is 1. The first kappa shape index (κ1) is 15.0. The van der Waals surface area contributed by atoms with E-state index in [0.29, 0.717) is 6.42 Å². The zero-order chi connectivity index (χ0) is 12.6. The highest BCUT2D eigenvalue weighted by Crippen LogP contribution is 2.13. The van der Waals surface area contributed by atoms with Crippen LogP contribution in [0.25, 0.3) is 0 Å². The lowest BCUT2D eigenvalue weighted by Crippen LogP contribution is -2.29. The molecule has 0 radical (unpaired) electrons. The van der Waals surface area contributed by atoms with Crippen LogP contribution in [0.5, 0.6) is 0 Å². The second-order valence-corrected chi connectivity index (χ2v) is 3.94. The van der Waals surface area contributed by atoms with Crippen molar-refractivity contribution in [3.63, 3.8) is 0 Å². The van der Waals surface area contributed by atoms with E-state index in [4.69, 9.17) is 4.74 Å². The predicted molar refractivity (Wildman–Crippen MR) is 66.0 cm³/mol. The van der Waals surface area contributed by atoms with E-state index in [2.05, 4.69) is 30.6 Å². The molecule has 92 valence electrons. The first-order chi connectivity index (χ1) is 7.47. The Bertz CT molecular complexity index is 273. The summed E-state index contributed by atoms with van der Waals surface area (Å²) in [6, 6.07) is 0. The topological polar surface area (TPSA) is 29.5 Å². The van der Waals surface area contributed by atoms with E-state index in [9.17, 15) is 4.79 Å². The SMILES string of the molecule is CCN(CC)CC#C[C@](C)(CC)OC(C)=O. The van der Waals surface area contributed by atoms with E-state index in [0.717, 1.165) is 19.6 Å². The summed E-state index contributed by atoms with van der Waals surface area (Å²) in [7, 11) is 0. The predicted octanol–water partition coefficient (Wildman–Crippen LogP) is 2.06. The molecular formula is C13H23NO2. The van der Waals surface area contributed by atoms with Gasteiger partial charge in [-0.05, 0) is 26.4 Å². The maximum absolute atomic E-state index is 10.9. The largest absolute Gasteiger partial charge is 0.446 e. The second-order valence-electron chi connectivity index (χ2n) is 3.94. The van der Waals surface area contributed by atoms with Crippen molar-refractivity contribution in [1.29, 1.82) is 0 Å². The highest BCUT2D eigenvalue weighted by molar-refractivity contribution is 5.67. The fourth-order valence-electron chi connectivity index (χ4n) is 1.29. The maximum Gasteiger partial charge on any atom is 0.304 e. The van der Waals surface area contributed by atoms with Crippen molar-refractivity contribution in [3.05, 3.63) is 0 Å². The monoisotopic (exact) mass is 225 g/mol. The van der Waals surface area contributed by atoms with Crippen LogP contribution in [0.2, 0.25) is 0 Å². The van der Waals surface area contributed by atoms with Crippen LogP contribution >= 0.6 is 0 Å². The molecule has 0 amide bonds. The van der Waals surface area contributed by atoms with E-state index in [-0.39, 0.29) is 5.97 Å². The van der Waals surface area contributed by atoms with Crippen LogP contribution in [0.15, 0.2) is 0 Å². The van der Waals surface area contributed by atoms with Gasteiger partial charge >= 0.3 is 5.97 Å². The lowest BCUT2D eigenvalue weighted by atomic mass is 10.0. The molecule has 0 spiro atoms. The van der Waals surface area contributed by atoms with Crippen molar-refractivity contribution in [2.75, 3.05) is 19.6 Å². The molecule has 0 aliphatic carbocycles. The molecule has 0 N–H and O–H groups in total. The summed E-state index contributed by atoms with van der Waals surface area (Å²) in [5.41, 5.74) is -0.640. The smallest absolute Gasteiger partial charge is 0.304 e. The minimum atomic E-state index is -0.640. The van der Waals surface area contributed by atoms with Crippen LogP contribution in [-0.4, -0.2) is 36.1 Å². The van der Waals surface area contributed by atoms with Crippen LogP contribution in [0.3, 0.4) is 0 Å². The molecule has 0 unspecified atom stereocenters. The minimum Gasteiger partial charge on any atom is -0.446 e. The summed E-state index contributed by atoms with van der Waals surface area (Å²) < 4.78 is 5.21. The Kier molecular flexibility index (Phi) is 6.83. The molecule has 1 atom stereocenters. The summed E-state index contributed by atoms with van der Waals surface area (Å²) >= 11 is 0. The van der Waals surface area contributed by atoms with Crippen LogP contribution < -0.4 is 0 Å². The number of hydrogen-bond donors (Lipinski definition) is 0. The van der Waals surface area contributed by atoms with Gasteiger partial charge in [-0.1, -0.05) is 32.6 Å². The number of carbonyl (C=O) groups excluding carboxylic acids is 1. The summed E-state index contributed by atoms with van der Waals surface area (Å²) in [6.07, 6.45) is 0.706. The Labute approximate surface area is 99.2 Å². The van der Waals surface area contributed by atoms with Crippen LogP contribution in [0, 0.1) is 11.8 Å². The fourth-order valence-corrected chi connectivity index (χ4v) is 1.29. The summed E-state index contributed by atoms with van der Waals surface area (Å²) in [5.74, 6) is 5.85. The molecule has 0 bridgehead atoms. The molecule has 0 aromatic carbocycles. The number of nitrogens with zero attached hydrogens (tertiary/aromatic N) is 1. The van der Waals surface area contributed by atoms with Crippen molar-refractivity contribution in [1.82, 2.24) is 4.90 Å². The highest BCUT2D eigenvalue weighted by Gasteiger charge is 2.22. The van der Waals surface area contributed by atoms with Crippen LogP contribution in [0.1, 0.15) is 41.0 Å². The molecule has 0 aliphatic rings. The zero-order valence-electron chi connectivity index (χ0n) is 11.1. The Morgan fingerprint density at radius 3 is 2.25 bits per heavy atom. The lowest BCUT2D eigenvalue weighted by molar-refractivity contribution is -0.150. The number of esters is 1. The van der Waals surface area contributed by atoms with Gasteiger partial charge in [0.15, 0.2) is 5.60 Å². The second kappa shape index (κ2) is 7.29. The average molecular weight is 225 g/mol. The van der Waals surface area contributed by atoms with Gasteiger partial charge in [0.05, 0.1) is 6.54 Å². The summed E-state index contributed by atoms with van der Waals surface area (Å²) in [4.78, 5) is 13.1. The van der Waals surface area contributed by atoms with E-state index < -0.39 is 5.60 Å². The number of ether oxygens (including phenoxy) is 1. The minimum absolute atomic E-state index is 0.276. The van der Waals surface area contributed by atoms with Gasteiger partial charge in [-0.25, -0.2) is 0 Å². The van der Waals surface area contributed by atoms with Crippen LogP contribution in [-0.2, 0) is 9.53 Å². The molecule has 0 fully saturated rings. The Balaban J connectivity index is 4.40. The van der Waals surface area contributed by atoms with Gasteiger partial charge in [-0.2, -0.15) is 0 Å². The molecule has 0 saturated heterocycles. The standard InChI is InChI=1S/C13H23NO2/c1-6-13(5,16-12(4)15)10-9-11-14(7-2)8-3/h6-8,11H2,1-5H3/t13-/m0/s1. The van der Waals surface area contributed by atoms with Crippen molar-refractivity contribution in [2.24, 2.45) is 0 Å². The van der Waals surface area contributed by atoms with E-state index >= 15 is 0 Å². The molecule has 0 aromatic rings. The molecule has 16 heavy (non-hydrogen) atoms. The van der Waals surface area contributed by atoms with Gasteiger partial charge in [0.25, 0.3) is 0 Å². The third-order valence-corrected chi connectivity index (χ3v) is 2.59. The Morgan fingerprint density at radius 1 is 1.31 bits per heavy atom. The Morgan fingerprint density at radius 2 is 1.88 bits per heavy atom. The van der Waals surface area contributed by atoms with Gasteiger partial charge in [0.1, 0.15) is 0 Å². The fraction of sp³-hybridized carbons (Fsp3) is 0.769. The van der Waals surface area contributed by atoms with Gasteiger partial charge in [0, 0.05) is 6.92 Å². The molecule has 3 nitrogen and oxygen atoms in total. The molecule has 0 aliphatic heterocycles. The lowest BCUT2D eigenvalue weighted by Gasteiger charge is -2.21. The molecule has 0 saturated carbocycles. The Hall–Kier alpha value is -1.01. The van der Waals surface area contributed by atoms with Crippen molar-refractivity contribution in [3.8, 4) is 11.8 Å². The van der Waals surface area contributed by atoms with Gasteiger partial charge in [-0.15, -0.1) is 0 Å². The summed E-state index contributed by atoms with van der Waals surface area (Å²) in [6.45, 7) is 12.2. The first-order valence-electron chi connectivity index (χ1n) is 5.89. The van der Waals surface area contributed by atoms with Crippen molar-refractivity contribution >= 4 is 5.97 Å². The van der Waals surface area contributed by atoms with Gasteiger partial charge < -0.3 is 4.74 Å². The number of hydrogen-bond acceptors (Lipinski definition) is 3. The first-order valence-corrected chi connectivity index (χ1v) is 5.89. The number of rotatable bonds is 5. The average Bonchev–Trinajstić information content (AvgIpc) is 2.23. The van der Waals surface area contributed by atoms with Gasteiger partial charge in [0.2, 0.25) is 0 Å². The van der Waals surface area contributed by atoms with Crippen molar-refractivity contribution < 1.29 is 9.53 Å². The molecule has 3 heteroatoms. The molecule has 0 heterocycles. The molecule has 0 rings (SSSR count). The third-order valence-electron chi connectivity index (χ3n) is 2.59. The van der Waals surface area contributed by atoms with E-state index in [1.54, 1.807) is 0 Å². The van der Waals surface area contributed by atoms with Crippen LogP contribution in [0.4, 0.5) is 0 Å². The van der Waals surface area contributed by atoms with E-state index in [1.807, 2.05) is 13.8 Å². The molecule has 0 aromatic heterocycles. The quantitative estimate of drug-likeness (QED) is 0.530. The van der Waals surface area contributed by atoms with Crippen molar-refractivity contribution in [2.45, 2.75) is 46.6 Å². The third kappa shape index (κ3) is 5.77. The highest BCUT2D eigenvalue weighted by atomic mass is 16.6. The normalized spacial score (nSPS) is 13.9. The maximum atomic E-state index is 10.9.